The molecule has 0 saturated carbocycles. The van der Waals surface area contributed by atoms with Crippen LogP contribution in [-0.2, 0) is 25.6 Å². The zero-order valence-electron chi connectivity index (χ0n) is 25.0. The lowest BCUT2D eigenvalue weighted by Crippen LogP contribution is -2.43. The Morgan fingerprint density at radius 2 is 1.34 bits per heavy atom. The highest BCUT2D eigenvalue weighted by Crippen LogP contribution is 2.23. The van der Waals surface area contributed by atoms with Gasteiger partial charge in [-0.3, -0.25) is 19.2 Å². The molecule has 2 aromatic carbocycles. The van der Waals surface area contributed by atoms with Gasteiger partial charge in [0.05, 0.1) is 17.9 Å². The Bertz CT molecular complexity index is 1520. The Morgan fingerprint density at radius 3 is 1.80 bits per heavy atom. The van der Waals surface area contributed by atoms with Crippen molar-refractivity contribution in [3.8, 4) is 0 Å². The van der Waals surface area contributed by atoms with Crippen molar-refractivity contribution in [2.75, 3.05) is 35.7 Å². The third-order valence-electron chi connectivity index (χ3n) is 7.85. The number of rotatable bonds is 10. The standard InChI is InChI=1S/C33H37N5O5S/c1-22-19-27(43-36-22)20-30(39)37-17-3-5-28(37)32(41)34-25-13-9-23(10-14-25)7-8-24-11-15-26(16-12-24)35-33(42)29-6-4-18-38(29)31(40)21-44-2/h7-16,19,28-29H,3-6,17-18,20-21H2,1-2H3,(H,34,41)(H,35,42)/b8-7+/t28-,29-/m0/s1. The molecule has 44 heavy (non-hydrogen) atoms. The van der Waals surface area contributed by atoms with E-state index in [2.05, 4.69) is 15.8 Å². The number of hydrogen-bond donors (Lipinski definition) is 2. The molecule has 2 atom stereocenters. The highest BCUT2D eigenvalue weighted by Gasteiger charge is 2.35. The lowest BCUT2D eigenvalue weighted by molar-refractivity contribution is -0.136. The molecule has 4 amide bonds. The summed E-state index contributed by atoms with van der Waals surface area (Å²) in [6, 6.07) is 15.8. The van der Waals surface area contributed by atoms with E-state index in [1.165, 1.54) is 11.8 Å². The second-order valence-corrected chi connectivity index (χ2v) is 12.0. The molecule has 1 aromatic heterocycles. The summed E-state index contributed by atoms with van der Waals surface area (Å²) in [5.41, 5.74) is 3.98. The van der Waals surface area contributed by atoms with Gasteiger partial charge in [0.25, 0.3) is 0 Å². The number of carbonyl (C=O) groups is 4. The fourth-order valence-corrected chi connectivity index (χ4v) is 6.04. The number of likely N-dealkylation sites (tertiary alicyclic amines) is 2. The van der Waals surface area contributed by atoms with Crippen LogP contribution in [-0.4, -0.2) is 75.8 Å². The minimum atomic E-state index is -0.515. The van der Waals surface area contributed by atoms with E-state index in [0.29, 0.717) is 54.5 Å². The molecule has 2 aliphatic heterocycles. The average Bonchev–Trinajstić information content (AvgIpc) is 3.79. The Kier molecular flexibility index (Phi) is 10.2. The minimum absolute atomic E-state index is 0.00761. The number of aromatic nitrogens is 1. The number of thioether (sulfide) groups is 1. The molecule has 0 spiro atoms. The smallest absolute Gasteiger partial charge is 0.247 e. The molecule has 0 aliphatic carbocycles. The molecule has 11 heteroatoms. The van der Waals surface area contributed by atoms with E-state index in [9.17, 15) is 19.2 Å². The van der Waals surface area contributed by atoms with E-state index in [1.54, 1.807) is 22.8 Å². The zero-order chi connectivity index (χ0) is 31.1. The number of amides is 4. The third-order valence-corrected chi connectivity index (χ3v) is 8.38. The molecule has 10 nitrogen and oxygen atoms in total. The molecular formula is C33H37N5O5S. The summed E-state index contributed by atoms with van der Waals surface area (Å²) in [6.45, 7) is 2.97. The monoisotopic (exact) mass is 615 g/mol. The third kappa shape index (κ3) is 7.76. The quantitative estimate of drug-likeness (QED) is 0.319. The number of nitrogens with zero attached hydrogens (tertiary/aromatic N) is 3. The molecule has 2 aliphatic rings. The number of anilines is 2. The summed E-state index contributed by atoms with van der Waals surface area (Å²) in [5.74, 6) is 0.390. The molecule has 230 valence electrons. The Hall–Kier alpha value is -4.38. The van der Waals surface area contributed by atoms with Gasteiger partial charge in [-0.05, 0) is 74.3 Å². The number of benzene rings is 2. The minimum Gasteiger partial charge on any atom is -0.361 e. The summed E-state index contributed by atoms with van der Waals surface area (Å²) in [5, 5.41) is 9.72. The lowest BCUT2D eigenvalue weighted by Gasteiger charge is -2.23. The second-order valence-electron chi connectivity index (χ2n) is 11.1. The topological polar surface area (TPSA) is 125 Å². The van der Waals surface area contributed by atoms with Crippen LogP contribution in [0, 0.1) is 6.92 Å². The summed E-state index contributed by atoms with van der Waals surface area (Å²) < 4.78 is 5.17. The zero-order valence-corrected chi connectivity index (χ0v) is 25.8. The number of aryl methyl sites for hydroxylation is 1. The molecule has 2 saturated heterocycles. The Balaban J connectivity index is 1.11. The van der Waals surface area contributed by atoms with Gasteiger partial charge in [-0.2, -0.15) is 11.8 Å². The first-order valence-electron chi connectivity index (χ1n) is 14.8. The predicted molar refractivity (Wildman–Crippen MR) is 172 cm³/mol. The van der Waals surface area contributed by atoms with E-state index in [-0.39, 0.29) is 30.0 Å². The van der Waals surface area contributed by atoms with Crippen molar-refractivity contribution in [2.45, 2.75) is 51.1 Å². The average molecular weight is 616 g/mol. The maximum atomic E-state index is 13.0. The van der Waals surface area contributed by atoms with E-state index < -0.39 is 12.1 Å². The fourth-order valence-electron chi connectivity index (χ4n) is 5.63. The summed E-state index contributed by atoms with van der Waals surface area (Å²) in [7, 11) is 0. The molecule has 3 aromatic rings. The van der Waals surface area contributed by atoms with Gasteiger partial charge in [-0.15, -0.1) is 0 Å². The molecule has 2 fully saturated rings. The first kappa shape index (κ1) is 31.1. The number of hydrogen-bond acceptors (Lipinski definition) is 7. The van der Waals surface area contributed by atoms with E-state index in [0.717, 1.165) is 24.0 Å². The van der Waals surface area contributed by atoms with Crippen molar-refractivity contribution < 1.29 is 23.7 Å². The molecule has 0 bridgehead atoms. The molecule has 3 heterocycles. The molecule has 0 radical (unpaired) electrons. The molecule has 0 unspecified atom stereocenters. The largest absolute Gasteiger partial charge is 0.361 e. The van der Waals surface area contributed by atoms with Crippen LogP contribution in [0.2, 0.25) is 0 Å². The van der Waals surface area contributed by atoms with Crippen LogP contribution >= 0.6 is 11.8 Å². The summed E-state index contributed by atoms with van der Waals surface area (Å²) in [6.07, 6.45) is 8.81. The highest BCUT2D eigenvalue weighted by atomic mass is 32.2. The SMILES string of the molecule is CSCC(=O)N1CCC[C@H]1C(=O)Nc1ccc(/C=C/c2ccc(NC(=O)[C@@H]3CCCN3C(=O)Cc3cc(C)no3)cc2)cc1. The van der Waals surface area contributed by atoms with Gasteiger partial charge in [-0.1, -0.05) is 41.6 Å². The van der Waals surface area contributed by atoms with Crippen LogP contribution in [0.4, 0.5) is 11.4 Å². The number of nitrogens with one attached hydrogen (secondary N) is 2. The van der Waals surface area contributed by atoms with Gasteiger partial charge in [0.1, 0.15) is 17.8 Å². The number of carbonyl (C=O) groups excluding carboxylic acids is 4. The van der Waals surface area contributed by atoms with Crippen molar-refractivity contribution in [3.05, 3.63) is 77.2 Å². The molecule has 2 N–H and O–H groups in total. The lowest BCUT2D eigenvalue weighted by atomic mass is 10.1. The molecular weight excluding hydrogens is 578 g/mol. The van der Waals surface area contributed by atoms with Crippen molar-refractivity contribution in [2.24, 2.45) is 0 Å². The maximum Gasteiger partial charge on any atom is 0.247 e. The van der Waals surface area contributed by atoms with Crippen molar-refractivity contribution in [1.82, 2.24) is 15.0 Å². The van der Waals surface area contributed by atoms with Crippen molar-refractivity contribution in [3.63, 3.8) is 0 Å². The van der Waals surface area contributed by atoms with Crippen molar-refractivity contribution in [1.29, 1.82) is 0 Å². The normalized spacial score (nSPS) is 18.1. The van der Waals surface area contributed by atoms with E-state index in [1.807, 2.05) is 66.9 Å². The molecule has 5 rings (SSSR count). The van der Waals surface area contributed by atoms with E-state index in [4.69, 9.17) is 4.52 Å². The van der Waals surface area contributed by atoms with Crippen LogP contribution in [0.5, 0.6) is 0 Å². The van der Waals surface area contributed by atoms with Crippen LogP contribution in [0.15, 0.2) is 59.1 Å². The van der Waals surface area contributed by atoms with Crippen LogP contribution in [0.3, 0.4) is 0 Å². The van der Waals surface area contributed by atoms with Gasteiger partial charge in [-0.25, -0.2) is 0 Å². The van der Waals surface area contributed by atoms with Gasteiger partial charge < -0.3 is 25.0 Å². The van der Waals surface area contributed by atoms with Gasteiger partial charge >= 0.3 is 0 Å². The summed E-state index contributed by atoms with van der Waals surface area (Å²) >= 11 is 1.47. The Labute approximate surface area is 261 Å². The summed E-state index contributed by atoms with van der Waals surface area (Å²) in [4.78, 5) is 54.3. The Morgan fingerprint density at radius 1 is 0.841 bits per heavy atom. The van der Waals surface area contributed by atoms with E-state index >= 15 is 0 Å². The first-order valence-corrected chi connectivity index (χ1v) is 16.2. The van der Waals surface area contributed by atoms with Crippen molar-refractivity contribution >= 4 is 58.9 Å². The first-order chi connectivity index (χ1) is 21.3. The fraction of sp³-hybridized carbons (Fsp3) is 0.364. The van der Waals surface area contributed by atoms with Gasteiger partial charge in [0.2, 0.25) is 23.6 Å². The predicted octanol–water partition coefficient (Wildman–Crippen LogP) is 4.62. The second kappa shape index (κ2) is 14.4. The van der Waals surface area contributed by atoms with Crippen LogP contribution in [0.25, 0.3) is 12.2 Å². The van der Waals surface area contributed by atoms with Crippen LogP contribution in [0.1, 0.15) is 48.3 Å². The van der Waals surface area contributed by atoms with Crippen LogP contribution < -0.4 is 10.6 Å². The van der Waals surface area contributed by atoms with Gasteiger partial charge in [0.15, 0.2) is 0 Å². The maximum absolute atomic E-state index is 13.0. The van der Waals surface area contributed by atoms with Gasteiger partial charge in [0, 0.05) is 30.5 Å². The highest BCUT2D eigenvalue weighted by molar-refractivity contribution is 7.99.